The van der Waals surface area contributed by atoms with E-state index in [1.807, 2.05) is 32.0 Å². The fourth-order valence-electron chi connectivity index (χ4n) is 2.41. The van der Waals surface area contributed by atoms with Gasteiger partial charge in [0.2, 0.25) is 0 Å². The van der Waals surface area contributed by atoms with Crippen LogP contribution in [0.4, 0.5) is 0 Å². The molecule has 0 saturated carbocycles. The highest BCUT2D eigenvalue weighted by atomic mass is 16.5. The first-order valence-electron chi connectivity index (χ1n) is 7.21. The first-order valence-corrected chi connectivity index (χ1v) is 7.21. The molecule has 1 atom stereocenters. The van der Waals surface area contributed by atoms with Gasteiger partial charge in [0.1, 0.15) is 6.04 Å². The lowest BCUT2D eigenvalue weighted by Gasteiger charge is -2.31. The van der Waals surface area contributed by atoms with E-state index in [9.17, 15) is 5.26 Å². The van der Waals surface area contributed by atoms with E-state index in [0.29, 0.717) is 24.7 Å². The van der Waals surface area contributed by atoms with Gasteiger partial charge in [0, 0.05) is 13.1 Å². The van der Waals surface area contributed by atoms with Crippen molar-refractivity contribution in [2.24, 2.45) is 0 Å². The Labute approximate surface area is 126 Å². The summed E-state index contributed by atoms with van der Waals surface area (Å²) in [6, 6.07) is 7.79. The Hall–Kier alpha value is -1.77. The van der Waals surface area contributed by atoms with Crippen LogP contribution < -0.4 is 9.47 Å². The van der Waals surface area contributed by atoms with Crippen molar-refractivity contribution in [3.05, 3.63) is 23.8 Å². The van der Waals surface area contributed by atoms with Gasteiger partial charge in [-0.3, -0.25) is 4.90 Å². The summed E-state index contributed by atoms with van der Waals surface area (Å²) in [5.74, 6) is 1.37. The highest BCUT2D eigenvalue weighted by molar-refractivity contribution is 5.45. The Morgan fingerprint density at radius 2 is 1.95 bits per heavy atom. The van der Waals surface area contributed by atoms with E-state index in [-0.39, 0.29) is 12.1 Å². The van der Waals surface area contributed by atoms with Crippen LogP contribution in [0.15, 0.2) is 18.2 Å². The number of rotatable bonds is 5. The Morgan fingerprint density at radius 1 is 1.24 bits per heavy atom. The van der Waals surface area contributed by atoms with Crippen molar-refractivity contribution in [1.82, 2.24) is 4.90 Å². The van der Waals surface area contributed by atoms with Gasteiger partial charge in [0.05, 0.1) is 32.5 Å². The number of methoxy groups -OCH3 is 1. The molecule has 1 aromatic rings. The summed E-state index contributed by atoms with van der Waals surface area (Å²) in [5.41, 5.74) is 0.923. The van der Waals surface area contributed by atoms with Crippen LogP contribution in [0.3, 0.4) is 0 Å². The molecule has 5 heteroatoms. The third-order valence-corrected chi connectivity index (χ3v) is 3.40. The third kappa shape index (κ3) is 3.87. The number of hydrogen-bond acceptors (Lipinski definition) is 5. The average Bonchev–Trinajstić information content (AvgIpc) is 2.50. The third-order valence-electron chi connectivity index (χ3n) is 3.40. The van der Waals surface area contributed by atoms with Crippen molar-refractivity contribution in [2.75, 3.05) is 33.4 Å². The molecule has 0 spiro atoms. The van der Waals surface area contributed by atoms with Gasteiger partial charge in [0.25, 0.3) is 0 Å². The van der Waals surface area contributed by atoms with Gasteiger partial charge in [-0.15, -0.1) is 0 Å². The second kappa shape index (κ2) is 7.30. The summed E-state index contributed by atoms with van der Waals surface area (Å²) in [4.78, 5) is 2.13. The zero-order valence-corrected chi connectivity index (χ0v) is 12.8. The Morgan fingerprint density at radius 3 is 2.52 bits per heavy atom. The predicted octanol–water partition coefficient (Wildman–Crippen LogP) is 2.38. The second-order valence-electron chi connectivity index (χ2n) is 5.26. The van der Waals surface area contributed by atoms with Gasteiger partial charge in [-0.1, -0.05) is 6.07 Å². The molecule has 1 saturated heterocycles. The molecule has 1 aromatic carbocycles. The lowest BCUT2D eigenvalue weighted by atomic mass is 10.1. The molecular weight excluding hydrogens is 268 g/mol. The number of nitrogens with zero attached hydrogens (tertiary/aromatic N) is 2. The largest absolute Gasteiger partial charge is 0.493 e. The maximum atomic E-state index is 9.51. The molecule has 1 heterocycles. The number of nitriles is 1. The van der Waals surface area contributed by atoms with Crippen molar-refractivity contribution >= 4 is 0 Å². The maximum absolute atomic E-state index is 9.51. The first kappa shape index (κ1) is 15.6. The van der Waals surface area contributed by atoms with Crippen LogP contribution in [0, 0.1) is 11.3 Å². The standard InChI is InChI=1S/C16H22N2O3/c1-12(2)21-15-5-4-13(10-16(15)19-3)14(11-17)18-6-8-20-9-7-18/h4-5,10,12,14H,6-9H2,1-3H3. The molecule has 2 rings (SSSR count). The molecule has 1 aliphatic heterocycles. The molecule has 1 unspecified atom stereocenters. The minimum Gasteiger partial charge on any atom is -0.493 e. The summed E-state index contributed by atoms with van der Waals surface area (Å²) >= 11 is 0. The van der Waals surface area contributed by atoms with Crippen molar-refractivity contribution in [1.29, 1.82) is 5.26 Å². The highest BCUT2D eigenvalue weighted by Crippen LogP contribution is 2.32. The minimum atomic E-state index is -0.282. The van der Waals surface area contributed by atoms with Gasteiger partial charge < -0.3 is 14.2 Å². The van der Waals surface area contributed by atoms with Crippen LogP contribution in [0.2, 0.25) is 0 Å². The second-order valence-corrected chi connectivity index (χ2v) is 5.26. The molecule has 1 fully saturated rings. The molecular formula is C16H22N2O3. The maximum Gasteiger partial charge on any atom is 0.161 e. The molecule has 0 aliphatic carbocycles. The molecule has 0 bridgehead atoms. The van der Waals surface area contributed by atoms with Crippen LogP contribution in [-0.2, 0) is 4.74 Å². The molecule has 21 heavy (non-hydrogen) atoms. The average molecular weight is 290 g/mol. The van der Waals surface area contributed by atoms with Gasteiger partial charge in [0.15, 0.2) is 11.5 Å². The Kier molecular flexibility index (Phi) is 5.43. The topological polar surface area (TPSA) is 54.7 Å². The SMILES string of the molecule is COc1cc(C(C#N)N2CCOCC2)ccc1OC(C)C. The molecule has 114 valence electrons. The molecule has 0 radical (unpaired) electrons. The zero-order chi connectivity index (χ0) is 15.2. The van der Waals surface area contributed by atoms with E-state index < -0.39 is 0 Å². The molecule has 5 nitrogen and oxygen atoms in total. The normalized spacial score (nSPS) is 17.3. The van der Waals surface area contributed by atoms with Gasteiger partial charge in [-0.05, 0) is 31.5 Å². The summed E-state index contributed by atoms with van der Waals surface area (Å²) in [7, 11) is 1.61. The Bertz CT molecular complexity index is 505. The van der Waals surface area contributed by atoms with Crippen molar-refractivity contribution in [2.45, 2.75) is 26.0 Å². The van der Waals surface area contributed by atoms with E-state index in [4.69, 9.17) is 14.2 Å². The molecule has 0 N–H and O–H groups in total. The van der Waals surface area contributed by atoms with Crippen LogP contribution in [0.1, 0.15) is 25.5 Å². The van der Waals surface area contributed by atoms with E-state index in [1.165, 1.54) is 0 Å². The molecule has 1 aliphatic rings. The first-order chi connectivity index (χ1) is 10.2. The van der Waals surface area contributed by atoms with E-state index in [0.717, 1.165) is 18.7 Å². The molecule has 0 aromatic heterocycles. The number of benzene rings is 1. The summed E-state index contributed by atoms with van der Waals surface area (Å²) in [6.45, 7) is 6.82. The van der Waals surface area contributed by atoms with Crippen molar-refractivity contribution in [3.63, 3.8) is 0 Å². The Balaban J connectivity index is 2.23. The fraction of sp³-hybridized carbons (Fsp3) is 0.562. The highest BCUT2D eigenvalue weighted by Gasteiger charge is 2.23. The fourth-order valence-corrected chi connectivity index (χ4v) is 2.41. The smallest absolute Gasteiger partial charge is 0.161 e. The lowest BCUT2D eigenvalue weighted by Crippen LogP contribution is -2.38. The summed E-state index contributed by atoms with van der Waals surface area (Å²) in [6.07, 6.45) is 0.0794. The summed E-state index contributed by atoms with van der Waals surface area (Å²) in [5, 5.41) is 9.51. The minimum absolute atomic E-state index is 0.0794. The van der Waals surface area contributed by atoms with E-state index >= 15 is 0 Å². The zero-order valence-electron chi connectivity index (χ0n) is 12.8. The van der Waals surface area contributed by atoms with Crippen LogP contribution >= 0.6 is 0 Å². The predicted molar refractivity (Wildman–Crippen MR) is 79.5 cm³/mol. The number of ether oxygens (including phenoxy) is 3. The van der Waals surface area contributed by atoms with Crippen molar-refractivity contribution in [3.8, 4) is 17.6 Å². The lowest BCUT2D eigenvalue weighted by molar-refractivity contribution is 0.0266. The molecule has 0 amide bonds. The van der Waals surface area contributed by atoms with Crippen LogP contribution in [0.5, 0.6) is 11.5 Å². The van der Waals surface area contributed by atoms with Gasteiger partial charge in [-0.25, -0.2) is 0 Å². The summed E-state index contributed by atoms with van der Waals surface area (Å²) < 4.78 is 16.4. The van der Waals surface area contributed by atoms with Crippen LogP contribution in [-0.4, -0.2) is 44.4 Å². The van der Waals surface area contributed by atoms with Crippen LogP contribution in [0.25, 0.3) is 0 Å². The van der Waals surface area contributed by atoms with Gasteiger partial charge >= 0.3 is 0 Å². The van der Waals surface area contributed by atoms with E-state index in [1.54, 1.807) is 7.11 Å². The van der Waals surface area contributed by atoms with Gasteiger partial charge in [-0.2, -0.15) is 5.26 Å². The quantitative estimate of drug-likeness (QED) is 0.833. The monoisotopic (exact) mass is 290 g/mol. The number of hydrogen-bond donors (Lipinski definition) is 0. The van der Waals surface area contributed by atoms with Crippen molar-refractivity contribution < 1.29 is 14.2 Å². The van der Waals surface area contributed by atoms with E-state index in [2.05, 4.69) is 11.0 Å². The number of morpholine rings is 1.